The SMILES string of the molecule is CC/C=C\C/C=C\C/C=C\C/C=C\C/C=C\CCCC(=O)O[C@H](COC(=O)CCC[C@H](O)/C=C/C=C\C/C=C\C/C=C\CCCCC)COP(=O)(O)OC[C@H](N)C(=O)O. The third kappa shape index (κ3) is 39.3. The molecular formula is C46H72NO11P. The highest BCUT2D eigenvalue weighted by Crippen LogP contribution is 2.43. The maximum absolute atomic E-state index is 12.6. The highest BCUT2D eigenvalue weighted by atomic mass is 31.2. The Morgan fingerprint density at radius 1 is 0.627 bits per heavy atom. The van der Waals surface area contributed by atoms with Gasteiger partial charge in [-0.15, -0.1) is 0 Å². The number of carboxylic acid groups (broad SMARTS) is 1. The molecule has 0 heterocycles. The molecule has 59 heavy (non-hydrogen) atoms. The lowest BCUT2D eigenvalue weighted by Gasteiger charge is -2.20. The van der Waals surface area contributed by atoms with Crippen molar-refractivity contribution in [2.75, 3.05) is 19.8 Å². The van der Waals surface area contributed by atoms with Crippen molar-refractivity contribution < 1.29 is 52.6 Å². The molecule has 0 radical (unpaired) electrons. The Morgan fingerprint density at radius 2 is 1.14 bits per heavy atom. The number of rotatable bonds is 37. The number of unbranched alkanes of at least 4 members (excludes halogenated alkanes) is 4. The summed E-state index contributed by atoms with van der Waals surface area (Å²) in [6.45, 7) is 2.37. The van der Waals surface area contributed by atoms with Gasteiger partial charge in [0.1, 0.15) is 12.6 Å². The number of aliphatic hydroxyl groups is 1. The van der Waals surface area contributed by atoms with Gasteiger partial charge < -0.3 is 30.3 Å². The van der Waals surface area contributed by atoms with Gasteiger partial charge in [-0.1, -0.05) is 136 Å². The molecule has 0 aromatic heterocycles. The van der Waals surface area contributed by atoms with Crippen LogP contribution in [0, 0.1) is 0 Å². The number of hydrogen-bond donors (Lipinski definition) is 4. The van der Waals surface area contributed by atoms with Crippen molar-refractivity contribution in [2.45, 2.75) is 141 Å². The molecule has 0 aromatic rings. The molecule has 0 saturated heterocycles. The van der Waals surface area contributed by atoms with E-state index in [1.807, 2.05) is 24.3 Å². The van der Waals surface area contributed by atoms with Gasteiger partial charge in [0, 0.05) is 12.8 Å². The Hall–Kier alpha value is -3.90. The van der Waals surface area contributed by atoms with Crippen LogP contribution in [0.25, 0.3) is 0 Å². The van der Waals surface area contributed by atoms with E-state index < -0.39 is 63.8 Å². The van der Waals surface area contributed by atoms with Crippen molar-refractivity contribution in [3.63, 3.8) is 0 Å². The van der Waals surface area contributed by atoms with Crippen molar-refractivity contribution in [2.24, 2.45) is 5.73 Å². The van der Waals surface area contributed by atoms with Gasteiger partial charge >= 0.3 is 25.7 Å². The van der Waals surface area contributed by atoms with E-state index in [-0.39, 0.29) is 12.8 Å². The van der Waals surface area contributed by atoms with Gasteiger partial charge in [-0.3, -0.25) is 23.4 Å². The first-order valence-electron chi connectivity index (χ1n) is 21.0. The summed E-state index contributed by atoms with van der Waals surface area (Å²) < 4.78 is 32.4. The zero-order valence-electron chi connectivity index (χ0n) is 35.4. The number of aliphatic carboxylic acids is 1. The highest BCUT2D eigenvalue weighted by Gasteiger charge is 2.28. The van der Waals surface area contributed by atoms with Crippen LogP contribution >= 0.6 is 7.82 Å². The molecule has 1 unspecified atom stereocenters. The van der Waals surface area contributed by atoms with E-state index >= 15 is 0 Å². The number of carbonyl (C=O) groups is 3. The summed E-state index contributed by atoms with van der Waals surface area (Å²) >= 11 is 0. The van der Waals surface area contributed by atoms with E-state index in [1.165, 1.54) is 19.3 Å². The summed E-state index contributed by atoms with van der Waals surface area (Å²) in [7, 11) is -4.78. The third-order valence-electron chi connectivity index (χ3n) is 8.11. The molecule has 0 aromatic carbocycles. The number of carboxylic acids is 1. The Labute approximate surface area is 353 Å². The van der Waals surface area contributed by atoms with E-state index in [0.717, 1.165) is 51.4 Å². The minimum atomic E-state index is -4.78. The van der Waals surface area contributed by atoms with E-state index in [1.54, 1.807) is 12.2 Å². The molecule has 12 nitrogen and oxygen atoms in total. The first-order chi connectivity index (χ1) is 28.5. The van der Waals surface area contributed by atoms with Gasteiger partial charge in [-0.25, -0.2) is 4.57 Å². The Balaban J connectivity index is 4.70. The third-order valence-corrected chi connectivity index (χ3v) is 9.06. The van der Waals surface area contributed by atoms with Crippen molar-refractivity contribution in [3.8, 4) is 0 Å². The maximum atomic E-state index is 12.6. The van der Waals surface area contributed by atoms with Crippen molar-refractivity contribution in [1.82, 2.24) is 0 Å². The van der Waals surface area contributed by atoms with E-state index in [4.69, 9.17) is 24.8 Å². The molecule has 0 aliphatic rings. The van der Waals surface area contributed by atoms with Crippen LogP contribution in [-0.2, 0) is 37.5 Å². The Morgan fingerprint density at radius 3 is 1.69 bits per heavy atom. The van der Waals surface area contributed by atoms with Gasteiger partial charge in [0.15, 0.2) is 6.10 Å². The number of phosphoric acid groups is 1. The molecule has 0 aliphatic heterocycles. The normalized spacial score (nSPS) is 15.3. The number of allylic oxidation sites excluding steroid dienone is 17. The van der Waals surface area contributed by atoms with Crippen LogP contribution in [0.1, 0.15) is 123 Å². The summed E-state index contributed by atoms with van der Waals surface area (Å²) in [6, 6.07) is -1.56. The first kappa shape index (κ1) is 55.1. The van der Waals surface area contributed by atoms with E-state index in [9.17, 15) is 28.9 Å². The summed E-state index contributed by atoms with van der Waals surface area (Å²) in [6.07, 6.45) is 47.7. The van der Waals surface area contributed by atoms with E-state index in [0.29, 0.717) is 25.7 Å². The largest absolute Gasteiger partial charge is 0.480 e. The van der Waals surface area contributed by atoms with Gasteiger partial charge in [0.05, 0.1) is 19.3 Å². The number of aliphatic hydroxyl groups excluding tert-OH is 1. The molecule has 332 valence electrons. The number of nitrogens with two attached hydrogens (primary N) is 1. The van der Waals surface area contributed by atoms with Crippen molar-refractivity contribution in [3.05, 3.63) is 109 Å². The topological polar surface area (TPSA) is 192 Å². The lowest BCUT2D eigenvalue weighted by molar-refractivity contribution is -0.161. The van der Waals surface area contributed by atoms with Crippen LogP contribution in [-0.4, -0.2) is 71.1 Å². The summed E-state index contributed by atoms with van der Waals surface area (Å²) in [4.78, 5) is 45.9. The molecule has 13 heteroatoms. The average molecular weight is 846 g/mol. The zero-order chi connectivity index (χ0) is 43.7. The number of carbonyl (C=O) groups excluding carboxylic acids is 2. The second kappa shape index (κ2) is 39.6. The van der Waals surface area contributed by atoms with Crippen LogP contribution in [0.4, 0.5) is 0 Å². The fourth-order valence-corrected chi connectivity index (χ4v) is 5.57. The number of ether oxygens (including phenoxy) is 2. The standard InChI is InChI=1S/C46H72NO11P/c1-3-5-7-9-11-13-15-17-18-19-20-22-24-26-28-30-32-36-45(50)58-42(39-56-59(53,54)57-40-43(47)46(51)52)38-55-44(49)37-33-35-41(48)34-31-29-27-25-23-21-16-14-12-10-8-6-4-2/h5,7,11-14,17-18,20-23,26-29,31,34,41-43,48H,3-4,6,8-10,15-16,19,24-25,30,32-33,35-40,47H2,1-2H3,(H,51,52)(H,53,54)/b7-5-,13-11-,14-12-,18-17-,22-20-,23-21-,28-26-,29-27-,34-31+/t41-,42-,43+/m1/s1. The Kier molecular flexibility index (Phi) is 36.9. The second-order valence-electron chi connectivity index (χ2n) is 13.6. The molecule has 0 bridgehead atoms. The fourth-order valence-electron chi connectivity index (χ4n) is 4.79. The van der Waals surface area contributed by atoms with Crippen LogP contribution in [0.5, 0.6) is 0 Å². The Bertz CT molecular complexity index is 1430. The van der Waals surface area contributed by atoms with Crippen LogP contribution < -0.4 is 5.73 Å². The monoisotopic (exact) mass is 845 g/mol. The summed E-state index contributed by atoms with van der Waals surface area (Å²) in [5.41, 5.74) is 5.31. The summed E-state index contributed by atoms with van der Waals surface area (Å²) in [5, 5.41) is 19.1. The van der Waals surface area contributed by atoms with Crippen LogP contribution in [0.2, 0.25) is 0 Å². The minimum absolute atomic E-state index is 0.0258. The van der Waals surface area contributed by atoms with Gasteiger partial charge in [0.25, 0.3) is 0 Å². The minimum Gasteiger partial charge on any atom is -0.480 e. The molecule has 0 rings (SSSR count). The lowest BCUT2D eigenvalue weighted by Crippen LogP contribution is -2.34. The molecular weight excluding hydrogens is 773 g/mol. The predicted molar refractivity (Wildman–Crippen MR) is 236 cm³/mol. The number of esters is 2. The van der Waals surface area contributed by atoms with Crippen LogP contribution in [0.3, 0.4) is 0 Å². The van der Waals surface area contributed by atoms with Gasteiger partial charge in [-0.05, 0) is 83.5 Å². The van der Waals surface area contributed by atoms with E-state index in [2.05, 4.69) is 91.3 Å². The molecule has 5 N–H and O–H groups in total. The maximum Gasteiger partial charge on any atom is 0.472 e. The lowest BCUT2D eigenvalue weighted by atomic mass is 10.1. The zero-order valence-corrected chi connectivity index (χ0v) is 36.3. The molecule has 0 spiro atoms. The molecule has 0 amide bonds. The number of phosphoric ester groups is 1. The molecule has 4 atom stereocenters. The second-order valence-corrected chi connectivity index (χ2v) is 15.0. The van der Waals surface area contributed by atoms with Crippen molar-refractivity contribution in [1.29, 1.82) is 0 Å². The number of hydrogen-bond acceptors (Lipinski definition) is 10. The highest BCUT2D eigenvalue weighted by molar-refractivity contribution is 7.47. The van der Waals surface area contributed by atoms with Crippen molar-refractivity contribution >= 4 is 25.7 Å². The quantitative estimate of drug-likeness (QED) is 0.0152. The smallest absolute Gasteiger partial charge is 0.472 e. The van der Waals surface area contributed by atoms with Gasteiger partial charge in [-0.2, -0.15) is 0 Å². The average Bonchev–Trinajstić information content (AvgIpc) is 3.20. The van der Waals surface area contributed by atoms with Gasteiger partial charge in [0.2, 0.25) is 0 Å². The molecule has 0 saturated carbocycles. The molecule has 0 aliphatic carbocycles. The predicted octanol–water partition coefficient (Wildman–Crippen LogP) is 10.0. The van der Waals surface area contributed by atoms with Crippen LogP contribution in [0.15, 0.2) is 109 Å². The molecule has 0 fully saturated rings. The summed E-state index contributed by atoms with van der Waals surface area (Å²) in [5.74, 6) is -2.70. The first-order valence-corrected chi connectivity index (χ1v) is 22.5. The fraction of sp³-hybridized carbons (Fsp3) is 0.543.